The average Bonchev–Trinajstić information content (AvgIpc) is 2.95. The molecule has 0 N–H and O–H groups in total. The normalized spacial score (nSPS) is 18.0. The summed E-state index contributed by atoms with van der Waals surface area (Å²) in [5, 5.41) is 1.01. The molecule has 0 bridgehead atoms. The lowest BCUT2D eigenvalue weighted by molar-refractivity contribution is 0.0275. The number of rotatable bonds is 2. The predicted octanol–water partition coefficient (Wildman–Crippen LogP) is 4.39. The van der Waals surface area contributed by atoms with E-state index in [1.807, 2.05) is 45.0 Å². The molecule has 0 spiro atoms. The monoisotopic (exact) mass is 392 g/mol. The van der Waals surface area contributed by atoms with Crippen molar-refractivity contribution in [3.05, 3.63) is 34.9 Å². The summed E-state index contributed by atoms with van der Waals surface area (Å²) in [5.74, 6) is 0.784. The van der Waals surface area contributed by atoms with Crippen molar-refractivity contribution >= 4 is 32.9 Å². The van der Waals surface area contributed by atoms with Gasteiger partial charge in [0.2, 0.25) is 0 Å². The maximum absolute atomic E-state index is 12.1. The second-order valence-corrected chi connectivity index (χ2v) is 7.78. The summed E-state index contributed by atoms with van der Waals surface area (Å²) in [6, 6.07) is 7.74. The largest absolute Gasteiger partial charge is 0.488 e. The van der Waals surface area contributed by atoms with Crippen molar-refractivity contribution < 1.29 is 14.3 Å². The molecule has 1 unspecified atom stereocenters. The number of nitrogens with zero attached hydrogens (tertiary/aromatic N) is 2. The summed E-state index contributed by atoms with van der Waals surface area (Å²) in [5.41, 5.74) is 0.437. The van der Waals surface area contributed by atoms with E-state index in [2.05, 4.69) is 20.9 Å². The lowest BCUT2D eigenvalue weighted by atomic mass is 10.2. The fraction of sp³-hybridized carbons (Fsp3) is 0.444. The number of pyridine rings is 1. The number of hydrogen-bond acceptors (Lipinski definition) is 4. The number of amides is 1. The maximum atomic E-state index is 12.1. The van der Waals surface area contributed by atoms with Crippen LogP contribution in [-0.2, 0) is 4.74 Å². The van der Waals surface area contributed by atoms with E-state index in [9.17, 15) is 4.79 Å². The van der Waals surface area contributed by atoms with E-state index in [0.717, 1.165) is 27.5 Å². The van der Waals surface area contributed by atoms with Gasteiger partial charge < -0.3 is 14.4 Å². The van der Waals surface area contributed by atoms with Crippen LogP contribution in [0.2, 0.25) is 0 Å². The standard InChI is InChI=1S/C18H21BrN2O3/c1-18(2,3)24-17(22)21-9-7-13(11-21)23-12-4-5-16-14(10-12)15(19)6-8-20-16/h4-6,8,10,13H,7,9,11H2,1-3H3. The van der Waals surface area contributed by atoms with E-state index in [1.165, 1.54) is 0 Å². The number of hydrogen-bond donors (Lipinski definition) is 0. The summed E-state index contributed by atoms with van der Waals surface area (Å²) in [6.45, 7) is 6.81. The maximum Gasteiger partial charge on any atom is 0.410 e. The molecule has 1 aromatic heterocycles. The molecule has 24 heavy (non-hydrogen) atoms. The zero-order valence-electron chi connectivity index (χ0n) is 14.1. The topological polar surface area (TPSA) is 51.7 Å². The van der Waals surface area contributed by atoms with E-state index in [1.54, 1.807) is 11.1 Å². The Bertz CT molecular complexity index is 758. The van der Waals surface area contributed by atoms with Crippen molar-refractivity contribution in [3.63, 3.8) is 0 Å². The van der Waals surface area contributed by atoms with E-state index in [4.69, 9.17) is 9.47 Å². The first-order chi connectivity index (χ1) is 11.3. The van der Waals surface area contributed by atoms with Crippen LogP contribution in [0.1, 0.15) is 27.2 Å². The third-order valence-electron chi connectivity index (χ3n) is 3.76. The Morgan fingerprint density at radius 2 is 2.12 bits per heavy atom. The van der Waals surface area contributed by atoms with Crippen LogP contribution < -0.4 is 4.74 Å². The van der Waals surface area contributed by atoms with Crippen molar-refractivity contribution in [1.29, 1.82) is 0 Å². The van der Waals surface area contributed by atoms with Crippen LogP contribution in [0.15, 0.2) is 34.9 Å². The lowest BCUT2D eigenvalue weighted by Gasteiger charge is -2.24. The molecule has 1 aromatic carbocycles. The van der Waals surface area contributed by atoms with Crippen molar-refractivity contribution in [2.24, 2.45) is 0 Å². The molecule has 1 atom stereocenters. The molecule has 0 saturated carbocycles. The van der Waals surface area contributed by atoms with Gasteiger partial charge in [0.15, 0.2) is 0 Å². The van der Waals surface area contributed by atoms with Crippen LogP contribution >= 0.6 is 15.9 Å². The first kappa shape index (κ1) is 17.0. The lowest BCUT2D eigenvalue weighted by Crippen LogP contribution is -2.36. The van der Waals surface area contributed by atoms with Crippen LogP contribution in [0.3, 0.4) is 0 Å². The second kappa shape index (κ2) is 6.59. The predicted molar refractivity (Wildman–Crippen MR) is 96.3 cm³/mol. The second-order valence-electron chi connectivity index (χ2n) is 6.93. The molecule has 128 valence electrons. The van der Waals surface area contributed by atoms with Gasteiger partial charge in [-0.1, -0.05) is 15.9 Å². The molecular weight excluding hydrogens is 372 g/mol. The number of carbonyl (C=O) groups is 1. The van der Waals surface area contributed by atoms with E-state index in [-0.39, 0.29) is 12.2 Å². The SMILES string of the molecule is CC(C)(C)OC(=O)N1CCC(Oc2ccc3nccc(Br)c3c2)C1. The molecule has 1 aliphatic heterocycles. The number of carbonyl (C=O) groups excluding carboxylic acids is 1. The average molecular weight is 393 g/mol. The summed E-state index contributed by atoms with van der Waals surface area (Å²) in [4.78, 5) is 18.1. The molecule has 3 rings (SSSR count). The van der Waals surface area contributed by atoms with Gasteiger partial charge in [-0.15, -0.1) is 0 Å². The third kappa shape index (κ3) is 3.98. The van der Waals surface area contributed by atoms with Crippen LogP contribution in [0.5, 0.6) is 5.75 Å². The molecule has 1 aliphatic rings. The van der Waals surface area contributed by atoms with Crippen LogP contribution in [0.25, 0.3) is 10.9 Å². The van der Waals surface area contributed by atoms with Crippen LogP contribution in [0, 0.1) is 0 Å². The molecule has 6 heteroatoms. The Labute approximate surface area is 150 Å². The number of likely N-dealkylation sites (tertiary alicyclic amines) is 1. The van der Waals surface area contributed by atoms with Gasteiger partial charge in [-0.25, -0.2) is 4.79 Å². The third-order valence-corrected chi connectivity index (χ3v) is 4.45. The van der Waals surface area contributed by atoms with Gasteiger partial charge in [0.05, 0.1) is 12.1 Å². The van der Waals surface area contributed by atoms with Gasteiger partial charge >= 0.3 is 6.09 Å². The van der Waals surface area contributed by atoms with Gasteiger partial charge in [-0.2, -0.15) is 0 Å². The number of fused-ring (bicyclic) bond motifs is 1. The van der Waals surface area contributed by atoms with Crippen molar-refractivity contribution in [3.8, 4) is 5.75 Å². The Morgan fingerprint density at radius 1 is 1.33 bits per heavy atom. The molecule has 5 nitrogen and oxygen atoms in total. The molecule has 1 saturated heterocycles. The minimum absolute atomic E-state index is 0.0228. The first-order valence-corrected chi connectivity index (χ1v) is 8.80. The number of aromatic nitrogens is 1. The molecule has 0 aliphatic carbocycles. The van der Waals surface area contributed by atoms with Gasteiger partial charge in [0, 0.05) is 29.0 Å². The highest BCUT2D eigenvalue weighted by atomic mass is 79.9. The highest BCUT2D eigenvalue weighted by Gasteiger charge is 2.30. The summed E-state index contributed by atoms with van der Waals surface area (Å²) >= 11 is 3.54. The quantitative estimate of drug-likeness (QED) is 0.760. The fourth-order valence-electron chi connectivity index (χ4n) is 2.67. The zero-order chi connectivity index (χ0) is 17.3. The Kier molecular flexibility index (Phi) is 4.67. The van der Waals surface area contributed by atoms with Gasteiger partial charge in [-0.05, 0) is 45.0 Å². The van der Waals surface area contributed by atoms with E-state index >= 15 is 0 Å². The molecule has 1 amide bonds. The Morgan fingerprint density at radius 3 is 2.88 bits per heavy atom. The first-order valence-electron chi connectivity index (χ1n) is 8.01. The minimum Gasteiger partial charge on any atom is -0.488 e. The molecule has 2 heterocycles. The molecule has 1 fully saturated rings. The molecule has 0 radical (unpaired) electrons. The van der Waals surface area contributed by atoms with Crippen molar-refractivity contribution in [2.75, 3.05) is 13.1 Å². The zero-order valence-corrected chi connectivity index (χ0v) is 15.7. The van der Waals surface area contributed by atoms with Gasteiger partial charge in [-0.3, -0.25) is 4.98 Å². The van der Waals surface area contributed by atoms with Crippen molar-refractivity contribution in [2.45, 2.75) is 38.9 Å². The smallest absolute Gasteiger partial charge is 0.410 e. The summed E-state index contributed by atoms with van der Waals surface area (Å²) < 4.78 is 12.4. The Hall–Kier alpha value is -1.82. The van der Waals surface area contributed by atoms with Crippen LogP contribution in [0.4, 0.5) is 4.79 Å². The molecule has 2 aromatic rings. The van der Waals surface area contributed by atoms with E-state index < -0.39 is 5.60 Å². The number of ether oxygens (including phenoxy) is 2. The van der Waals surface area contributed by atoms with Crippen LogP contribution in [-0.4, -0.2) is 40.8 Å². The van der Waals surface area contributed by atoms with Crippen molar-refractivity contribution in [1.82, 2.24) is 9.88 Å². The summed E-state index contributed by atoms with van der Waals surface area (Å²) in [7, 11) is 0. The highest BCUT2D eigenvalue weighted by Crippen LogP contribution is 2.28. The number of halogens is 1. The van der Waals surface area contributed by atoms with Gasteiger partial charge in [0.25, 0.3) is 0 Å². The highest BCUT2D eigenvalue weighted by molar-refractivity contribution is 9.10. The minimum atomic E-state index is -0.479. The van der Waals surface area contributed by atoms with E-state index in [0.29, 0.717) is 13.1 Å². The Balaban J connectivity index is 1.65. The van der Waals surface area contributed by atoms with Gasteiger partial charge in [0.1, 0.15) is 17.5 Å². The number of benzene rings is 1. The molecular formula is C18H21BrN2O3. The summed E-state index contributed by atoms with van der Waals surface area (Å²) in [6.07, 6.45) is 2.26. The fourth-order valence-corrected chi connectivity index (χ4v) is 3.11.